The molecule has 1 aromatic rings. The number of nitrogens with one attached hydrogen (secondary N) is 1. The van der Waals surface area contributed by atoms with Crippen LogP contribution in [0.5, 0.6) is 0 Å². The second-order valence-corrected chi connectivity index (χ2v) is 7.75. The van der Waals surface area contributed by atoms with Crippen LogP contribution < -0.4 is 5.32 Å². The molecule has 23 heavy (non-hydrogen) atoms. The van der Waals surface area contributed by atoms with Crippen LogP contribution in [-0.2, 0) is 14.8 Å². The number of amides is 1. The van der Waals surface area contributed by atoms with Crippen LogP contribution in [0.15, 0.2) is 23.1 Å². The molecule has 2 rings (SSSR count). The van der Waals surface area contributed by atoms with E-state index in [0.717, 1.165) is 24.2 Å². The Bertz CT molecular complexity index is 667. The number of hydrogen-bond donors (Lipinski definition) is 1. The Hall–Kier alpha value is -1.44. The van der Waals surface area contributed by atoms with Crippen LogP contribution in [0.25, 0.3) is 0 Å². The second-order valence-electron chi connectivity index (χ2n) is 5.81. The molecule has 1 aliphatic heterocycles. The van der Waals surface area contributed by atoms with Crippen molar-refractivity contribution in [3.8, 4) is 0 Å². The summed E-state index contributed by atoms with van der Waals surface area (Å²) in [6, 6.07) is 5.08. The molecule has 1 aromatic carbocycles. The van der Waals surface area contributed by atoms with Crippen LogP contribution in [0, 0.1) is 13.8 Å². The Morgan fingerprint density at radius 3 is 2.43 bits per heavy atom. The summed E-state index contributed by atoms with van der Waals surface area (Å²) in [4.78, 5) is 14.3. The van der Waals surface area contributed by atoms with Gasteiger partial charge in [-0.2, -0.15) is 4.31 Å². The molecule has 1 heterocycles. The van der Waals surface area contributed by atoms with Crippen LogP contribution in [0.4, 0.5) is 0 Å². The van der Waals surface area contributed by atoms with Gasteiger partial charge in [-0.05, 0) is 37.1 Å². The Kier molecular flexibility index (Phi) is 5.78. The van der Waals surface area contributed by atoms with Crippen molar-refractivity contribution in [3.05, 3.63) is 29.3 Å². The molecular weight excluding hydrogens is 314 g/mol. The lowest BCUT2D eigenvalue weighted by Crippen LogP contribution is -2.50. The first-order chi connectivity index (χ1) is 10.9. The van der Waals surface area contributed by atoms with Gasteiger partial charge in [-0.3, -0.25) is 4.79 Å². The van der Waals surface area contributed by atoms with Crippen LogP contribution in [0.3, 0.4) is 0 Å². The molecule has 7 heteroatoms. The van der Waals surface area contributed by atoms with E-state index in [1.165, 1.54) is 4.31 Å². The third-order valence-corrected chi connectivity index (χ3v) is 6.17. The highest BCUT2D eigenvalue weighted by Gasteiger charge is 2.27. The fraction of sp³-hybridized carbons (Fsp3) is 0.562. The van der Waals surface area contributed by atoms with E-state index in [1.807, 2.05) is 13.8 Å². The normalized spacial score (nSPS) is 15.9. The molecular formula is C16H25N3O3S. The fourth-order valence-corrected chi connectivity index (χ4v) is 4.04. The van der Waals surface area contributed by atoms with E-state index in [2.05, 4.69) is 5.32 Å². The van der Waals surface area contributed by atoms with Gasteiger partial charge < -0.3 is 10.2 Å². The summed E-state index contributed by atoms with van der Waals surface area (Å²) < 4.78 is 26.8. The standard InChI is InChI=1S/C16H25N3O3S/c1-4-19(12-16(20)18-9-7-17-8-10-18)23(21,22)15-6-5-13(2)14(3)11-15/h5-6,11,17H,4,7-10,12H2,1-3H3. The van der Waals surface area contributed by atoms with Gasteiger partial charge in [-0.25, -0.2) is 8.42 Å². The zero-order valence-corrected chi connectivity index (χ0v) is 14.8. The highest BCUT2D eigenvalue weighted by molar-refractivity contribution is 7.89. The van der Waals surface area contributed by atoms with Crippen LogP contribution in [-0.4, -0.2) is 62.8 Å². The van der Waals surface area contributed by atoms with E-state index in [4.69, 9.17) is 0 Å². The lowest BCUT2D eigenvalue weighted by atomic mass is 10.1. The van der Waals surface area contributed by atoms with Crippen molar-refractivity contribution in [2.24, 2.45) is 0 Å². The first-order valence-electron chi connectivity index (χ1n) is 7.92. The van der Waals surface area contributed by atoms with E-state index in [0.29, 0.717) is 13.1 Å². The van der Waals surface area contributed by atoms with Crippen molar-refractivity contribution >= 4 is 15.9 Å². The Morgan fingerprint density at radius 2 is 1.87 bits per heavy atom. The average molecular weight is 339 g/mol. The minimum atomic E-state index is -3.65. The first-order valence-corrected chi connectivity index (χ1v) is 9.36. The van der Waals surface area contributed by atoms with Crippen molar-refractivity contribution in [1.29, 1.82) is 0 Å². The average Bonchev–Trinajstić information content (AvgIpc) is 2.55. The molecule has 6 nitrogen and oxygen atoms in total. The van der Waals surface area contributed by atoms with Crippen LogP contribution in [0.2, 0.25) is 0 Å². The monoisotopic (exact) mass is 339 g/mol. The Morgan fingerprint density at radius 1 is 1.22 bits per heavy atom. The van der Waals surface area contributed by atoms with Gasteiger partial charge >= 0.3 is 0 Å². The number of rotatable bonds is 5. The van der Waals surface area contributed by atoms with E-state index in [-0.39, 0.29) is 23.9 Å². The molecule has 1 aliphatic rings. The number of hydrogen-bond acceptors (Lipinski definition) is 4. The highest BCUT2D eigenvalue weighted by Crippen LogP contribution is 2.19. The molecule has 0 bridgehead atoms. The quantitative estimate of drug-likeness (QED) is 0.859. The Balaban J connectivity index is 2.17. The van der Waals surface area contributed by atoms with Gasteiger partial charge in [0, 0.05) is 32.7 Å². The number of nitrogens with zero attached hydrogens (tertiary/aromatic N) is 2. The van der Waals surface area contributed by atoms with Gasteiger partial charge in [0.25, 0.3) is 0 Å². The summed E-state index contributed by atoms with van der Waals surface area (Å²) in [5, 5.41) is 3.18. The van der Waals surface area contributed by atoms with Gasteiger partial charge in [-0.1, -0.05) is 13.0 Å². The predicted octanol–water partition coefficient (Wildman–Crippen LogP) is 0.746. The van der Waals surface area contributed by atoms with Crippen molar-refractivity contribution in [2.75, 3.05) is 39.3 Å². The first kappa shape index (κ1) is 17.9. The third kappa shape index (κ3) is 4.10. The van der Waals surface area contributed by atoms with Gasteiger partial charge in [0.15, 0.2) is 0 Å². The maximum absolute atomic E-state index is 12.8. The van der Waals surface area contributed by atoms with Crippen molar-refractivity contribution in [1.82, 2.24) is 14.5 Å². The molecule has 0 aromatic heterocycles. The van der Waals surface area contributed by atoms with Crippen molar-refractivity contribution in [2.45, 2.75) is 25.7 Å². The fourth-order valence-electron chi connectivity index (χ4n) is 2.56. The van der Waals surface area contributed by atoms with Gasteiger partial charge in [0.05, 0.1) is 11.4 Å². The molecule has 0 radical (unpaired) electrons. The molecule has 1 fully saturated rings. The van der Waals surface area contributed by atoms with Crippen molar-refractivity contribution < 1.29 is 13.2 Å². The molecule has 0 spiro atoms. The molecule has 1 N–H and O–H groups in total. The molecule has 0 aliphatic carbocycles. The topological polar surface area (TPSA) is 69.7 Å². The number of sulfonamides is 1. The van der Waals surface area contributed by atoms with E-state index >= 15 is 0 Å². The largest absolute Gasteiger partial charge is 0.339 e. The lowest BCUT2D eigenvalue weighted by molar-refractivity contribution is -0.131. The zero-order valence-electron chi connectivity index (χ0n) is 14.0. The van der Waals surface area contributed by atoms with Crippen LogP contribution in [0.1, 0.15) is 18.1 Å². The van der Waals surface area contributed by atoms with E-state index in [9.17, 15) is 13.2 Å². The maximum atomic E-state index is 12.8. The number of carbonyl (C=O) groups excluding carboxylic acids is 1. The minimum Gasteiger partial charge on any atom is -0.339 e. The maximum Gasteiger partial charge on any atom is 0.243 e. The Labute approximate surface area is 138 Å². The summed E-state index contributed by atoms with van der Waals surface area (Å²) in [6.45, 7) is 8.50. The smallest absolute Gasteiger partial charge is 0.243 e. The summed E-state index contributed by atoms with van der Waals surface area (Å²) >= 11 is 0. The SMILES string of the molecule is CCN(CC(=O)N1CCNCC1)S(=O)(=O)c1ccc(C)c(C)c1. The molecule has 0 atom stereocenters. The number of piperazine rings is 1. The molecule has 1 saturated heterocycles. The number of likely N-dealkylation sites (N-methyl/N-ethyl adjacent to an activating group) is 1. The van der Waals surface area contributed by atoms with E-state index < -0.39 is 10.0 Å². The number of benzene rings is 1. The van der Waals surface area contributed by atoms with E-state index in [1.54, 1.807) is 30.0 Å². The number of carbonyl (C=O) groups is 1. The molecule has 128 valence electrons. The number of aryl methyl sites for hydroxylation is 2. The van der Waals surface area contributed by atoms with Crippen molar-refractivity contribution in [3.63, 3.8) is 0 Å². The molecule has 1 amide bonds. The summed E-state index contributed by atoms with van der Waals surface area (Å²) in [6.07, 6.45) is 0. The highest BCUT2D eigenvalue weighted by atomic mass is 32.2. The summed E-state index contributed by atoms with van der Waals surface area (Å²) in [7, 11) is -3.65. The predicted molar refractivity (Wildman–Crippen MR) is 89.8 cm³/mol. The molecule has 0 saturated carbocycles. The second kappa shape index (κ2) is 7.42. The van der Waals surface area contributed by atoms with Gasteiger partial charge in [0.1, 0.15) is 0 Å². The minimum absolute atomic E-state index is 0.105. The van der Waals surface area contributed by atoms with Crippen LogP contribution >= 0.6 is 0 Å². The van der Waals surface area contributed by atoms with Gasteiger partial charge in [0.2, 0.25) is 15.9 Å². The zero-order chi connectivity index (χ0) is 17.0. The summed E-state index contributed by atoms with van der Waals surface area (Å²) in [5.74, 6) is -0.138. The van der Waals surface area contributed by atoms with Gasteiger partial charge in [-0.15, -0.1) is 0 Å². The third-order valence-electron chi connectivity index (χ3n) is 4.25. The summed E-state index contributed by atoms with van der Waals surface area (Å²) in [5.41, 5.74) is 1.97. The molecule has 0 unspecified atom stereocenters. The lowest BCUT2D eigenvalue weighted by Gasteiger charge is -2.29.